The van der Waals surface area contributed by atoms with E-state index >= 15 is 4.79 Å². The van der Waals surface area contributed by atoms with Crippen LogP contribution in [0.5, 0.6) is 11.5 Å². The molecule has 3 fully saturated rings. The van der Waals surface area contributed by atoms with Crippen molar-refractivity contribution in [3.63, 3.8) is 0 Å². The fourth-order valence-electron chi connectivity index (χ4n) is 8.94. The molecule has 17 heteroatoms. The average molecular weight is 891 g/mol. The monoisotopic (exact) mass is 888 g/mol. The van der Waals surface area contributed by atoms with Crippen LogP contribution in [-0.2, 0) is 30.8 Å². The average Bonchev–Trinajstić information content (AvgIpc) is 3.54. The number of aromatic nitrogens is 1. The molecule has 8 rings (SSSR count). The van der Waals surface area contributed by atoms with Crippen molar-refractivity contribution in [2.75, 3.05) is 17.4 Å². The summed E-state index contributed by atoms with van der Waals surface area (Å²) in [5.74, 6) is -8.30. The number of imide groups is 2. The van der Waals surface area contributed by atoms with Crippen molar-refractivity contribution in [3.8, 4) is 11.5 Å². The van der Waals surface area contributed by atoms with E-state index in [1.54, 1.807) is 60.7 Å². The number of benzene rings is 3. The number of phenolic OH excluding ortho intramolecular Hbond substituents is 1. The van der Waals surface area contributed by atoms with Crippen LogP contribution in [0.3, 0.4) is 0 Å². The summed E-state index contributed by atoms with van der Waals surface area (Å²) in [6.45, 7) is 0. The Balaban J connectivity index is 1.34. The van der Waals surface area contributed by atoms with Crippen molar-refractivity contribution in [3.05, 3.63) is 121 Å². The Kier molecular flexibility index (Phi) is 9.42. The first-order chi connectivity index (χ1) is 26.6. The van der Waals surface area contributed by atoms with Crippen molar-refractivity contribution >= 4 is 85.9 Å². The van der Waals surface area contributed by atoms with E-state index in [1.807, 2.05) is 0 Å². The highest BCUT2D eigenvalue weighted by atomic mass is 79.9. The van der Waals surface area contributed by atoms with Gasteiger partial charge in [-0.3, -0.25) is 29.5 Å². The Hall–Kier alpha value is -4.63. The first-order valence-corrected chi connectivity index (χ1v) is 19.0. The number of phenols is 1. The number of fused-ring (bicyclic) bond motifs is 4. The number of aromatic hydroxyl groups is 1. The first-order valence-electron chi connectivity index (χ1n) is 17.1. The normalized spacial score (nSPS) is 25.9. The summed E-state index contributed by atoms with van der Waals surface area (Å²) in [5, 5.41) is 12.8. The summed E-state index contributed by atoms with van der Waals surface area (Å²) < 4.78 is 46.5. The maximum atomic E-state index is 15.4. The molecular weight excluding hydrogens is 864 g/mol. The molecule has 4 aromatic rings. The second-order valence-electron chi connectivity index (χ2n) is 14.0. The van der Waals surface area contributed by atoms with Gasteiger partial charge in [-0.05, 0) is 78.9 Å². The van der Waals surface area contributed by atoms with Gasteiger partial charge in [0.1, 0.15) is 0 Å². The van der Waals surface area contributed by atoms with Crippen LogP contribution in [0.4, 0.5) is 24.7 Å². The SMILES string of the molecule is COc1cc(Br)cc([C@H]2C3=CC[C@@H]4C(=O)N(c5ccc(Cl)cc5)C(=O)[C@@H]4[C@@H]3C[C@H]3C(=O)N(Nc4ncc(C(F)(F)F)cc4Cl)C(=O)[C@@]23c2ccc(Cl)cc2)c1O. The molecule has 2 aliphatic heterocycles. The molecule has 56 heavy (non-hydrogen) atoms. The zero-order valence-corrected chi connectivity index (χ0v) is 32.6. The number of anilines is 2. The number of halogens is 7. The van der Waals surface area contributed by atoms with Gasteiger partial charge in [0, 0.05) is 32.2 Å². The molecule has 0 spiro atoms. The number of hydrogen-bond acceptors (Lipinski definition) is 8. The van der Waals surface area contributed by atoms with Gasteiger partial charge in [-0.2, -0.15) is 18.2 Å². The van der Waals surface area contributed by atoms with Crippen molar-refractivity contribution in [2.45, 2.75) is 30.4 Å². The Morgan fingerprint density at radius 2 is 1.59 bits per heavy atom. The lowest BCUT2D eigenvalue weighted by Crippen LogP contribution is -2.53. The summed E-state index contributed by atoms with van der Waals surface area (Å²) in [4.78, 5) is 63.7. The van der Waals surface area contributed by atoms with Gasteiger partial charge in [-0.1, -0.05) is 74.5 Å². The fraction of sp³-hybridized carbons (Fsp3) is 0.256. The molecule has 2 saturated heterocycles. The summed E-state index contributed by atoms with van der Waals surface area (Å²) in [6, 6.07) is 16.3. The van der Waals surface area contributed by atoms with E-state index in [0.29, 0.717) is 48.6 Å². The molecule has 0 unspecified atom stereocenters. The number of ether oxygens (including phenoxy) is 1. The molecule has 288 valence electrons. The van der Waals surface area contributed by atoms with E-state index in [2.05, 4.69) is 26.3 Å². The predicted octanol–water partition coefficient (Wildman–Crippen LogP) is 8.73. The third-order valence-electron chi connectivity index (χ3n) is 11.2. The maximum Gasteiger partial charge on any atom is 0.417 e. The number of carbonyl (C=O) groups excluding carboxylic acids is 4. The lowest BCUT2D eigenvalue weighted by atomic mass is 9.49. The van der Waals surface area contributed by atoms with Gasteiger partial charge in [-0.15, -0.1) is 0 Å². The van der Waals surface area contributed by atoms with E-state index in [1.165, 1.54) is 13.2 Å². The molecule has 4 amide bonds. The van der Waals surface area contributed by atoms with Crippen LogP contribution >= 0.6 is 50.7 Å². The highest BCUT2D eigenvalue weighted by Crippen LogP contribution is 2.65. The van der Waals surface area contributed by atoms with Gasteiger partial charge in [-0.25, -0.2) is 4.98 Å². The minimum Gasteiger partial charge on any atom is -0.504 e. The minimum atomic E-state index is -4.77. The number of allylic oxidation sites excluding steroid dienone is 2. The lowest BCUT2D eigenvalue weighted by Gasteiger charge is -2.50. The molecule has 0 radical (unpaired) electrons. The number of hydrazine groups is 1. The molecule has 1 aromatic heterocycles. The van der Waals surface area contributed by atoms with Crippen LogP contribution in [0.25, 0.3) is 0 Å². The van der Waals surface area contributed by atoms with E-state index < -0.39 is 81.2 Å². The second kappa shape index (κ2) is 13.8. The number of carbonyl (C=O) groups is 4. The molecule has 10 nitrogen and oxygen atoms in total. The number of rotatable bonds is 6. The molecule has 2 N–H and O–H groups in total. The molecule has 3 aromatic carbocycles. The van der Waals surface area contributed by atoms with Gasteiger partial charge in [0.2, 0.25) is 11.8 Å². The third kappa shape index (κ3) is 5.78. The molecule has 3 heterocycles. The number of nitrogens with zero attached hydrogens (tertiary/aromatic N) is 3. The van der Waals surface area contributed by atoms with Gasteiger partial charge < -0.3 is 9.84 Å². The highest BCUT2D eigenvalue weighted by molar-refractivity contribution is 9.10. The van der Waals surface area contributed by atoms with E-state index in [-0.39, 0.29) is 29.9 Å². The number of methoxy groups -OCH3 is 1. The summed E-state index contributed by atoms with van der Waals surface area (Å²) in [7, 11) is 1.35. The van der Waals surface area contributed by atoms with E-state index in [4.69, 9.17) is 39.5 Å². The second-order valence-corrected chi connectivity index (χ2v) is 16.1. The number of hydrogen-bond donors (Lipinski definition) is 2. The molecule has 4 aliphatic rings. The molecule has 0 bridgehead atoms. The van der Waals surface area contributed by atoms with Crippen LogP contribution in [0.2, 0.25) is 15.1 Å². The number of alkyl halides is 3. The fourth-order valence-corrected chi connectivity index (χ4v) is 9.86. The molecular formula is C39H27BrCl3F3N4O6. The molecule has 2 aliphatic carbocycles. The van der Waals surface area contributed by atoms with Gasteiger partial charge >= 0.3 is 6.18 Å². The highest BCUT2D eigenvalue weighted by Gasteiger charge is 2.71. The summed E-state index contributed by atoms with van der Waals surface area (Å²) >= 11 is 22.2. The van der Waals surface area contributed by atoms with Gasteiger partial charge in [0.25, 0.3) is 11.8 Å². The van der Waals surface area contributed by atoms with Crippen LogP contribution < -0.4 is 15.1 Å². The zero-order valence-electron chi connectivity index (χ0n) is 28.8. The Morgan fingerprint density at radius 3 is 2.21 bits per heavy atom. The predicted molar refractivity (Wildman–Crippen MR) is 203 cm³/mol. The third-order valence-corrected chi connectivity index (χ3v) is 12.5. The zero-order chi connectivity index (χ0) is 40.0. The van der Waals surface area contributed by atoms with E-state index in [0.717, 1.165) is 4.90 Å². The van der Waals surface area contributed by atoms with Crippen molar-refractivity contribution in [2.24, 2.45) is 23.7 Å². The van der Waals surface area contributed by atoms with Crippen molar-refractivity contribution in [1.29, 1.82) is 0 Å². The topological polar surface area (TPSA) is 129 Å². The maximum absolute atomic E-state index is 15.4. The van der Waals surface area contributed by atoms with Crippen LogP contribution in [-0.4, -0.2) is 45.8 Å². The van der Waals surface area contributed by atoms with Crippen LogP contribution in [0.15, 0.2) is 89.0 Å². The number of pyridine rings is 1. The standard InChI is InChI=1S/C39H27BrCl3F3N4O6/c1-56-29-14-19(40)13-26(32(29)51)31-23-10-11-24-30(36(54)49(34(24)52)22-8-6-21(42)7-9-22)25(23)15-27-35(53)50(37(55)38(27,31)17-2-4-20(41)5-3-17)48-33-28(43)12-18(16-47-33)39(44,45)46/h2-10,12-14,16,24-25,27,30-31,51H,11,15H2,1H3,(H,47,48)/t24-,25+,27-,30-,31+,38+/m0/s1. The van der Waals surface area contributed by atoms with Gasteiger partial charge in [0.15, 0.2) is 17.3 Å². The van der Waals surface area contributed by atoms with Crippen molar-refractivity contribution < 1.29 is 42.2 Å². The quantitative estimate of drug-likeness (QED) is 0.145. The van der Waals surface area contributed by atoms with Crippen LogP contribution in [0, 0.1) is 23.7 Å². The smallest absolute Gasteiger partial charge is 0.417 e. The van der Waals surface area contributed by atoms with Gasteiger partial charge in [0.05, 0.1) is 46.6 Å². The number of nitrogens with one attached hydrogen (secondary N) is 1. The van der Waals surface area contributed by atoms with Crippen LogP contribution in [0.1, 0.15) is 35.4 Å². The Morgan fingerprint density at radius 1 is 0.929 bits per heavy atom. The largest absolute Gasteiger partial charge is 0.504 e. The Labute approximate surface area is 340 Å². The molecule has 1 saturated carbocycles. The molecule has 6 atom stereocenters. The summed E-state index contributed by atoms with van der Waals surface area (Å²) in [6.07, 6.45) is -2.46. The summed E-state index contributed by atoms with van der Waals surface area (Å²) in [5.41, 5.74) is 0.916. The first kappa shape index (κ1) is 38.3. The number of amides is 4. The minimum absolute atomic E-state index is 0.0436. The van der Waals surface area contributed by atoms with Crippen molar-refractivity contribution in [1.82, 2.24) is 9.99 Å². The van der Waals surface area contributed by atoms with E-state index in [9.17, 15) is 32.7 Å². The lowest BCUT2D eigenvalue weighted by molar-refractivity contribution is -0.139. The Bertz CT molecular complexity index is 2380.